The molecule has 0 spiro atoms. The standard InChI is InChI=1S/C26H24N2O3S/c1-18-8-2-3-9-20(18)17-28-22-16-19(25(29)27-14-6-7-15-27)12-13-24(22)32(31)23-11-5-4-10-21(23)26(28)30/h2-5,8-13,16H,6-7,14-15,17H2,1H3. The van der Waals surface area contributed by atoms with Crippen molar-refractivity contribution in [2.45, 2.75) is 36.1 Å². The number of aryl methyl sites for hydroxylation is 1. The van der Waals surface area contributed by atoms with Crippen molar-refractivity contribution in [2.24, 2.45) is 0 Å². The zero-order valence-electron chi connectivity index (χ0n) is 17.9. The van der Waals surface area contributed by atoms with E-state index < -0.39 is 10.8 Å². The summed E-state index contributed by atoms with van der Waals surface area (Å²) in [6.07, 6.45) is 2.02. The first-order valence-electron chi connectivity index (χ1n) is 10.8. The highest BCUT2D eigenvalue weighted by Crippen LogP contribution is 2.36. The van der Waals surface area contributed by atoms with Gasteiger partial charge in [-0.25, -0.2) is 4.21 Å². The van der Waals surface area contributed by atoms with Gasteiger partial charge in [0.1, 0.15) is 0 Å². The third kappa shape index (κ3) is 3.54. The van der Waals surface area contributed by atoms with Gasteiger partial charge < -0.3 is 9.80 Å². The van der Waals surface area contributed by atoms with Crippen LogP contribution < -0.4 is 4.90 Å². The SMILES string of the molecule is Cc1ccccc1CN1C(=O)c2ccccc2S(=O)c2ccc(C(=O)N3CCCC3)cc21. The molecule has 0 N–H and O–H groups in total. The monoisotopic (exact) mass is 444 g/mol. The third-order valence-corrected chi connectivity index (χ3v) is 7.74. The molecule has 0 saturated carbocycles. The highest BCUT2D eigenvalue weighted by atomic mass is 32.2. The summed E-state index contributed by atoms with van der Waals surface area (Å²) in [6, 6.07) is 20.2. The van der Waals surface area contributed by atoms with Gasteiger partial charge in [0.15, 0.2) is 0 Å². The van der Waals surface area contributed by atoms with Crippen LogP contribution >= 0.6 is 0 Å². The Morgan fingerprint density at radius 3 is 2.44 bits per heavy atom. The van der Waals surface area contributed by atoms with Crippen molar-refractivity contribution in [3.05, 3.63) is 89.0 Å². The number of carbonyl (C=O) groups is 2. The number of benzene rings is 3. The van der Waals surface area contributed by atoms with Crippen molar-refractivity contribution in [1.82, 2.24) is 4.90 Å². The Kier molecular flexibility index (Phi) is 5.39. The summed E-state index contributed by atoms with van der Waals surface area (Å²) >= 11 is 0. The molecule has 3 aromatic carbocycles. The molecule has 6 heteroatoms. The summed E-state index contributed by atoms with van der Waals surface area (Å²) in [6.45, 7) is 3.85. The van der Waals surface area contributed by atoms with Crippen molar-refractivity contribution in [3.63, 3.8) is 0 Å². The van der Waals surface area contributed by atoms with Gasteiger partial charge in [0.05, 0.1) is 38.4 Å². The predicted molar refractivity (Wildman–Crippen MR) is 124 cm³/mol. The number of fused-ring (bicyclic) bond motifs is 2. The average molecular weight is 445 g/mol. The number of anilines is 1. The molecule has 0 radical (unpaired) electrons. The first kappa shape index (κ1) is 20.6. The van der Waals surface area contributed by atoms with Crippen molar-refractivity contribution >= 4 is 28.3 Å². The van der Waals surface area contributed by atoms with E-state index in [9.17, 15) is 13.8 Å². The van der Waals surface area contributed by atoms with Crippen LogP contribution in [0, 0.1) is 6.92 Å². The van der Waals surface area contributed by atoms with E-state index in [2.05, 4.69) is 0 Å². The van der Waals surface area contributed by atoms with Crippen molar-refractivity contribution in [2.75, 3.05) is 18.0 Å². The molecule has 1 saturated heterocycles. The van der Waals surface area contributed by atoms with Gasteiger partial charge in [0, 0.05) is 18.7 Å². The van der Waals surface area contributed by atoms with Crippen LogP contribution in [0.1, 0.15) is 44.7 Å². The minimum atomic E-state index is -1.52. The van der Waals surface area contributed by atoms with E-state index >= 15 is 0 Å². The normalized spacial score (nSPS) is 17.7. The van der Waals surface area contributed by atoms with Gasteiger partial charge in [-0.2, -0.15) is 0 Å². The Bertz CT molecular complexity index is 1250. The molecular formula is C26H24N2O3S. The molecule has 0 bridgehead atoms. The van der Waals surface area contributed by atoms with Gasteiger partial charge >= 0.3 is 0 Å². The third-order valence-electron chi connectivity index (χ3n) is 6.24. The Hall–Kier alpha value is -3.25. The van der Waals surface area contributed by atoms with Gasteiger partial charge in [-0.3, -0.25) is 9.59 Å². The van der Waals surface area contributed by atoms with Crippen molar-refractivity contribution < 1.29 is 13.8 Å². The van der Waals surface area contributed by atoms with Crippen LogP contribution in [0.3, 0.4) is 0 Å². The molecule has 3 aromatic rings. The maximum absolute atomic E-state index is 13.7. The Morgan fingerprint density at radius 1 is 0.938 bits per heavy atom. The molecule has 0 aromatic heterocycles. The minimum absolute atomic E-state index is 0.0406. The fourth-order valence-electron chi connectivity index (χ4n) is 4.41. The molecule has 32 heavy (non-hydrogen) atoms. The lowest BCUT2D eigenvalue weighted by molar-refractivity contribution is 0.0792. The molecule has 2 amide bonds. The second-order valence-corrected chi connectivity index (χ2v) is 9.68. The summed E-state index contributed by atoms with van der Waals surface area (Å²) in [4.78, 5) is 31.3. The number of carbonyl (C=O) groups excluding carboxylic acids is 2. The van der Waals surface area contributed by atoms with Gasteiger partial charge in [-0.05, 0) is 61.2 Å². The second kappa shape index (κ2) is 8.36. The van der Waals surface area contributed by atoms with Crippen LogP contribution in [0.2, 0.25) is 0 Å². The molecule has 162 valence electrons. The largest absolute Gasteiger partial charge is 0.339 e. The van der Waals surface area contributed by atoms with E-state index in [0.29, 0.717) is 33.2 Å². The van der Waals surface area contributed by atoms with E-state index in [4.69, 9.17) is 0 Å². The van der Waals surface area contributed by atoms with Gasteiger partial charge in [0.2, 0.25) is 0 Å². The molecule has 0 aliphatic carbocycles. The van der Waals surface area contributed by atoms with Crippen LogP contribution in [-0.2, 0) is 17.3 Å². The molecule has 1 unspecified atom stereocenters. The van der Waals surface area contributed by atoms with Crippen LogP contribution in [0.4, 0.5) is 5.69 Å². The zero-order chi connectivity index (χ0) is 22.2. The summed E-state index contributed by atoms with van der Waals surface area (Å²) < 4.78 is 13.5. The van der Waals surface area contributed by atoms with Crippen LogP contribution in [0.15, 0.2) is 76.5 Å². The Labute approximate surface area is 190 Å². The maximum atomic E-state index is 13.7. The fourth-order valence-corrected chi connectivity index (χ4v) is 5.76. The molecule has 2 heterocycles. The quantitative estimate of drug-likeness (QED) is 0.595. The highest BCUT2D eigenvalue weighted by Gasteiger charge is 2.32. The zero-order valence-corrected chi connectivity index (χ0v) is 18.7. The topological polar surface area (TPSA) is 57.7 Å². The lowest BCUT2D eigenvalue weighted by Crippen LogP contribution is -2.31. The number of likely N-dealkylation sites (tertiary alicyclic amines) is 1. The molecular weight excluding hydrogens is 420 g/mol. The van der Waals surface area contributed by atoms with E-state index in [1.165, 1.54) is 0 Å². The molecule has 2 aliphatic heterocycles. The first-order valence-corrected chi connectivity index (χ1v) is 12.0. The van der Waals surface area contributed by atoms with E-state index in [-0.39, 0.29) is 11.8 Å². The Morgan fingerprint density at radius 2 is 1.66 bits per heavy atom. The summed E-state index contributed by atoms with van der Waals surface area (Å²) in [5.41, 5.74) is 3.58. The number of rotatable bonds is 3. The van der Waals surface area contributed by atoms with Crippen LogP contribution in [-0.4, -0.2) is 34.0 Å². The number of amides is 2. The second-order valence-electron chi connectivity index (χ2n) is 8.26. The molecule has 2 aliphatic rings. The number of hydrogen-bond donors (Lipinski definition) is 0. The Balaban J connectivity index is 1.66. The number of hydrogen-bond acceptors (Lipinski definition) is 3. The fraction of sp³-hybridized carbons (Fsp3) is 0.231. The smallest absolute Gasteiger partial charge is 0.259 e. The van der Waals surface area contributed by atoms with Gasteiger partial charge in [-0.15, -0.1) is 0 Å². The molecule has 1 fully saturated rings. The number of nitrogens with zero attached hydrogens (tertiary/aromatic N) is 2. The lowest BCUT2D eigenvalue weighted by atomic mass is 10.1. The van der Waals surface area contributed by atoms with Gasteiger partial charge in [-0.1, -0.05) is 36.4 Å². The summed E-state index contributed by atoms with van der Waals surface area (Å²) in [5, 5.41) is 0. The highest BCUT2D eigenvalue weighted by molar-refractivity contribution is 7.85. The van der Waals surface area contributed by atoms with Gasteiger partial charge in [0.25, 0.3) is 11.8 Å². The van der Waals surface area contributed by atoms with Crippen molar-refractivity contribution in [1.29, 1.82) is 0 Å². The minimum Gasteiger partial charge on any atom is -0.339 e. The van der Waals surface area contributed by atoms with Crippen LogP contribution in [0.5, 0.6) is 0 Å². The molecule has 5 rings (SSSR count). The van der Waals surface area contributed by atoms with Crippen molar-refractivity contribution in [3.8, 4) is 0 Å². The van der Waals surface area contributed by atoms with E-state index in [1.54, 1.807) is 47.4 Å². The molecule has 1 atom stereocenters. The average Bonchev–Trinajstić information content (AvgIpc) is 3.34. The maximum Gasteiger partial charge on any atom is 0.259 e. The predicted octanol–water partition coefficient (Wildman–Crippen LogP) is 4.56. The van der Waals surface area contributed by atoms with E-state index in [0.717, 1.165) is 37.1 Å². The van der Waals surface area contributed by atoms with Crippen LogP contribution in [0.25, 0.3) is 0 Å². The molecule has 5 nitrogen and oxygen atoms in total. The first-order chi connectivity index (χ1) is 15.5. The summed E-state index contributed by atoms with van der Waals surface area (Å²) in [5.74, 6) is -0.247. The summed E-state index contributed by atoms with van der Waals surface area (Å²) in [7, 11) is -1.52. The lowest BCUT2D eigenvalue weighted by Gasteiger charge is -2.25. The van der Waals surface area contributed by atoms with E-state index in [1.807, 2.05) is 36.1 Å².